The summed E-state index contributed by atoms with van der Waals surface area (Å²) in [6, 6.07) is 6.68. The summed E-state index contributed by atoms with van der Waals surface area (Å²) in [6.45, 7) is 1.61. The molecule has 6 heteroatoms. The largest absolute Gasteiger partial charge is 0.387 e. The molecule has 0 spiro atoms. The zero-order valence-corrected chi connectivity index (χ0v) is 11.4. The van der Waals surface area contributed by atoms with Crippen LogP contribution in [-0.4, -0.2) is 37.2 Å². The molecule has 0 aromatic heterocycles. The maximum atomic E-state index is 11.5. The van der Waals surface area contributed by atoms with Crippen LogP contribution in [0.5, 0.6) is 0 Å². The fraction of sp³-hybridized carbons (Fsp3) is 0.455. The molecule has 0 amide bonds. The highest BCUT2D eigenvalue weighted by atomic mass is 35.5. The summed E-state index contributed by atoms with van der Waals surface area (Å²) in [5.74, 6) is 0.0246. The Kier molecular flexibility index (Phi) is 4.94. The molecule has 1 N–H and O–H groups in total. The molecule has 0 saturated heterocycles. The number of hydrogen-bond donors (Lipinski definition) is 1. The SMILES string of the molecule is CCS(=O)(=O)N(C)CC(O)c1ccc(Cl)cc1. The Bertz CT molecular complexity index is 458. The Morgan fingerprint density at radius 3 is 2.35 bits per heavy atom. The van der Waals surface area contributed by atoms with Crippen LogP contribution in [0.25, 0.3) is 0 Å². The fourth-order valence-corrected chi connectivity index (χ4v) is 2.30. The van der Waals surface area contributed by atoms with Crippen LogP contribution < -0.4 is 0 Å². The molecule has 1 aromatic rings. The van der Waals surface area contributed by atoms with Gasteiger partial charge in [0.25, 0.3) is 0 Å². The van der Waals surface area contributed by atoms with Crippen molar-refractivity contribution in [3.63, 3.8) is 0 Å². The van der Waals surface area contributed by atoms with Crippen molar-refractivity contribution in [3.8, 4) is 0 Å². The standard InChI is InChI=1S/C11H16ClNO3S/c1-3-17(15,16)13(2)8-11(14)9-4-6-10(12)7-5-9/h4-7,11,14H,3,8H2,1-2H3. The van der Waals surface area contributed by atoms with Gasteiger partial charge in [-0.25, -0.2) is 12.7 Å². The summed E-state index contributed by atoms with van der Waals surface area (Å²) in [7, 11) is -1.81. The molecule has 17 heavy (non-hydrogen) atoms. The van der Waals surface area contributed by atoms with E-state index in [2.05, 4.69) is 0 Å². The van der Waals surface area contributed by atoms with Crippen LogP contribution in [0.1, 0.15) is 18.6 Å². The molecule has 0 saturated carbocycles. The number of likely N-dealkylation sites (N-methyl/N-ethyl adjacent to an activating group) is 1. The molecule has 1 atom stereocenters. The van der Waals surface area contributed by atoms with E-state index in [9.17, 15) is 13.5 Å². The molecule has 0 fully saturated rings. The summed E-state index contributed by atoms with van der Waals surface area (Å²) in [5.41, 5.74) is 0.646. The lowest BCUT2D eigenvalue weighted by molar-refractivity contribution is 0.155. The number of aliphatic hydroxyl groups is 1. The Balaban J connectivity index is 2.73. The topological polar surface area (TPSA) is 57.6 Å². The lowest BCUT2D eigenvalue weighted by atomic mass is 10.1. The van der Waals surface area contributed by atoms with Crippen molar-refractivity contribution in [2.75, 3.05) is 19.3 Å². The monoisotopic (exact) mass is 277 g/mol. The third-order valence-corrected chi connectivity index (χ3v) is 4.60. The summed E-state index contributed by atoms with van der Waals surface area (Å²) in [6.07, 6.45) is -0.849. The highest BCUT2D eigenvalue weighted by molar-refractivity contribution is 7.89. The molecule has 1 unspecified atom stereocenters. The van der Waals surface area contributed by atoms with Gasteiger partial charge in [0.15, 0.2) is 0 Å². The van der Waals surface area contributed by atoms with Gasteiger partial charge in [0.1, 0.15) is 0 Å². The van der Waals surface area contributed by atoms with E-state index in [-0.39, 0.29) is 12.3 Å². The summed E-state index contributed by atoms with van der Waals surface area (Å²) >= 11 is 5.73. The molecule has 0 bridgehead atoms. The van der Waals surface area contributed by atoms with E-state index in [1.54, 1.807) is 31.2 Å². The van der Waals surface area contributed by atoms with Gasteiger partial charge in [0, 0.05) is 18.6 Å². The zero-order chi connectivity index (χ0) is 13.1. The van der Waals surface area contributed by atoms with Crippen molar-refractivity contribution in [1.82, 2.24) is 4.31 Å². The van der Waals surface area contributed by atoms with Crippen molar-refractivity contribution < 1.29 is 13.5 Å². The van der Waals surface area contributed by atoms with Crippen molar-refractivity contribution >= 4 is 21.6 Å². The maximum absolute atomic E-state index is 11.5. The number of nitrogens with zero attached hydrogens (tertiary/aromatic N) is 1. The Morgan fingerprint density at radius 1 is 1.35 bits per heavy atom. The molecule has 1 rings (SSSR count). The molecule has 4 nitrogen and oxygen atoms in total. The van der Waals surface area contributed by atoms with Crippen LogP contribution in [0.2, 0.25) is 5.02 Å². The van der Waals surface area contributed by atoms with Gasteiger partial charge in [0.05, 0.1) is 11.9 Å². The second-order valence-corrected chi connectivity index (χ2v) is 6.55. The molecule has 0 radical (unpaired) electrons. The molecule has 0 aliphatic carbocycles. The van der Waals surface area contributed by atoms with E-state index in [4.69, 9.17) is 11.6 Å². The van der Waals surface area contributed by atoms with Crippen LogP contribution in [0.15, 0.2) is 24.3 Å². The normalized spacial score (nSPS) is 13.9. The third kappa shape index (κ3) is 3.96. The van der Waals surface area contributed by atoms with Gasteiger partial charge >= 0.3 is 0 Å². The zero-order valence-electron chi connectivity index (χ0n) is 9.80. The third-order valence-electron chi connectivity index (χ3n) is 2.52. The summed E-state index contributed by atoms with van der Waals surface area (Å²) in [5, 5.41) is 10.5. The van der Waals surface area contributed by atoms with Gasteiger partial charge in [-0.15, -0.1) is 0 Å². The average molecular weight is 278 g/mol. The first-order chi connectivity index (χ1) is 7.86. The highest BCUT2D eigenvalue weighted by Crippen LogP contribution is 2.18. The predicted octanol–water partition coefficient (Wildman–Crippen LogP) is 1.65. The minimum Gasteiger partial charge on any atom is -0.387 e. The van der Waals surface area contributed by atoms with Crippen molar-refractivity contribution in [2.45, 2.75) is 13.0 Å². The first-order valence-electron chi connectivity index (χ1n) is 5.24. The quantitative estimate of drug-likeness (QED) is 0.890. The van der Waals surface area contributed by atoms with Crippen LogP contribution in [0, 0.1) is 0 Å². The van der Waals surface area contributed by atoms with E-state index in [1.807, 2.05) is 0 Å². The smallest absolute Gasteiger partial charge is 0.213 e. The molecular weight excluding hydrogens is 262 g/mol. The van der Waals surface area contributed by atoms with Gasteiger partial charge in [-0.2, -0.15) is 0 Å². The first kappa shape index (κ1) is 14.4. The number of halogens is 1. The van der Waals surface area contributed by atoms with Gasteiger partial charge in [-0.05, 0) is 24.6 Å². The van der Waals surface area contributed by atoms with Crippen molar-refractivity contribution in [3.05, 3.63) is 34.9 Å². The van der Waals surface area contributed by atoms with Gasteiger partial charge in [-0.1, -0.05) is 23.7 Å². The molecule has 0 heterocycles. The van der Waals surface area contributed by atoms with Crippen LogP contribution in [-0.2, 0) is 10.0 Å². The highest BCUT2D eigenvalue weighted by Gasteiger charge is 2.19. The van der Waals surface area contributed by atoms with E-state index in [1.165, 1.54) is 7.05 Å². The van der Waals surface area contributed by atoms with Gasteiger partial charge < -0.3 is 5.11 Å². The second-order valence-electron chi connectivity index (χ2n) is 3.75. The molecule has 96 valence electrons. The number of sulfonamides is 1. The minimum absolute atomic E-state index is 0.0246. The van der Waals surface area contributed by atoms with Crippen molar-refractivity contribution in [1.29, 1.82) is 0 Å². The van der Waals surface area contributed by atoms with E-state index < -0.39 is 16.1 Å². The summed E-state index contributed by atoms with van der Waals surface area (Å²) < 4.78 is 24.2. The Labute approximate surface area is 107 Å². The number of benzene rings is 1. The first-order valence-corrected chi connectivity index (χ1v) is 7.23. The van der Waals surface area contributed by atoms with E-state index in [0.717, 1.165) is 4.31 Å². The number of rotatable bonds is 5. The minimum atomic E-state index is -3.26. The molecule has 0 aliphatic rings. The molecule has 1 aromatic carbocycles. The van der Waals surface area contributed by atoms with Crippen LogP contribution in [0.4, 0.5) is 0 Å². The van der Waals surface area contributed by atoms with Gasteiger partial charge in [-0.3, -0.25) is 0 Å². The van der Waals surface area contributed by atoms with Crippen molar-refractivity contribution in [2.24, 2.45) is 0 Å². The maximum Gasteiger partial charge on any atom is 0.213 e. The number of hydrogen-bond acceptors (Lipinski definition) is 3. The molecule has 0 aliphatic heterocycles. The van der Waals surface area contributed by atoms with Crippen LogP contribution >= 0.6 is 11.6 Å². The Morgan fingerprint density at radius 2 is 1.88 bits per heavy atom. The van der Waals surface area contributed by atoms with E-state index >= 15 is 0 Å². The van der Waals surface area contributed by atoms with Gasteiger partial charge in [0.2, 0.25) is 10.0 Å². The fourth-order valence-electron chi connectivity index (χ4n) is 1.37. The molecular formula is C11H16ClNO3S. The average Bonchev–Trinajstić information content (AvgIpc) is 2.29. The van der Waals surface area contributed by atoms with Crippen LogP contribution in [0.3, 0.4) is 0 Å². The Hall–Kier alpha value is -0.620. The second kappa shape index (κ2) is 5.82. The lowest BCUT2D eigenvalue weighted by Gasteiger charge is -2.20. The van der Waals surface area contributed by atoms with E-state index in [0.29, 0.717) is 10.6 Å². The summed E-state index contributed by atoms with van der Waals surface area (Å²) in [4.78, 5) is 0. The lowest BCUT2D eigenvalue weighted by Crippen LogP contribution is -2.32. The predicted molar refractivity (Wildman–Crippen MR) is 68.5 cm³/mol. The number of aliphatic hydroxyl groups excluding tert-OH is 1.